The van der Waals surface area contributed by atoms with Crippen LogP contribution in [0.25, 0.3) is 0 Å². The quantitative estimate of drug-likeness (QED) is 0.249. The second-order valence-corrected chi connectivity index (χ2v) is 18.3. The maximum atomic E-state index is 12.2. The first-order valence-electron chi connectivity index (χ1n) is 17.8. The van der Waals surface area contributed by atoms with Crippen LogP contribution in [0.5, 0.6) is 0 Å². The molecule has 0 aromatic carbocycles. The van der Waals surface area contributed by atoms with E-state index < -0.39 is 49.0 Å². The van der Waals surface area contributed by atoms with E-state index in [0.29, 0.717) is 11.8 Å². The number of ether oxygens (including phenoxy) is 3. The minimum Gasteiger partial charge on any atom is -0.394 e. The van der Waals surface area contributed by atoms with Gasteiger partial charge in [0, 0.05) is 0 Å². The van der Waals surface area contributed by atoms with E-state index in [1.807, 2.05) is 13.8 Å². The lowest BCUT2D eigenvalue weighted by Gasteiger charge is -2.70. The van der Waals surface area contributed by atoms with E-state index in [2.05, 4.69) is 41.5 Å². The average molecular weight is 639 g/mol. The van der Waals surface area contributed by atoms with Gasteiger partial charge in [0.05, 0.1) is 36.1 Å². The second kappa shape index (κ2) is 11.1. The van der Waals surface area contributed by atoms with E-state index in [1.54, 1.807) is 0 Å². The van der Waals surface area contributed by atoms with Crippen molar-refractivity contribution in [3.8, 4) is 0 Å². The summed E-state index contributed by atoms with van der Waals surface area (Å²) in [7, 11) is 0. The minimum atomic E-state index is -1.46. The van der Waals surface area contributed by atoms with Crippen LogP contribution in [0.4, 0.5) is 0 Å². The Morgan fingerprint density at radius 3 is 2.07 bits per heavy atom. The van der Waals surface area contributed by atoms with Crippen molar-refractivity contribution < 1.29 is 44.8 Å². The van der Waals surface area contributed by atoms with Gasteiger partial charge in [-0.3, -0.25) is 0 Å². The summed E-state index contributed by atoms with van der Waals surface area (Å²) >= 11 is 0. The van der Waals surface area contributed by atoms with E-state index in [4.69, 9.17) is 14.2 Å². The third-order valence-electron chi connectivity index (χ3n) is 15.4. The molecule has 9 heteroatoms. The molecule has 260 valence electrons. The molecule has 45 heavy (non-hydrogen) atoms. The highest BCUT2D eigenvalue weighted by Gasteiger charge is 2.72. The molecule has 0 spiro atoms. The van der Waals surface area contributed by atoms with Gasteiger partial charge in [-0.1, -0.05) is 34.6 Å². The molecule has 6 fully saturated rings. The molecule has 0 bridgehead atoms. The van der Waals surface area contributed by atoms with Crippen molar-refractivity contribution in [2.75, 3.05) is 6.61 Å². The molecule has 2 saturated heterocycles. The second-order valence-electron chi connectivity index (χ2n) is 18.3. The van der Waals surface area contributed by atoms with Crippen molar-refractivity contribution >= 4 is 0 Å². The van der Waals surface area contributed by atoms with E-state index in [0.717, 1.165) is 57.8 Å². The first-order chi connectivity index (χ1) is 20.7. The van der Waals surface area contributed by atoms with Crippen LogP contribution in [0.1, 0.15) is 113 Å². The van der Waals surface area contributed by atoms with Crippen molar-refractivity contribution in [3.05, 3.63) is 0 Å². The summed E-state index contributed by atoms with van der Waals surface area (Å²) in [6.45, 7) is 17.4. The van der Waals surface area contributed by atoms with Gasteiger partial charge in [-0.15, -0.1) is 0 Å². The Hall–Kier alpha value is -0.360. The third kappa shape index (κ3) is 4.95. The Labute approximate surface area is 270 Å². The molecule has 0 aromatic rings. The zero-order valence-electron chi connectivity index (χ0n) is 28.9. The molecular weight excluding hydrogens is 576 g/mol. The van der Waals surface area contributed by atoms with Crippen LogP contribution in [0.2, 0.25) is 0 Å². The molecule has 0 aromatic heterocycles. The van der Waals surface area contributed by atoms with Gasteiger partial charge >= 0.3 is 0 Å². The standard InChI is InChI=1S/C36H62O9/c1-31(2)22-10-15-34(6)23(33(22,5)13-11-24(31)44-30-29(41)28(40)27(39)21(18-37)43-30)17-20(38)26-19(9-14-35(26,34)7)36(8)16-12-25(45-36)32(3,4)42/h19-30,37-42H,9-18H2,1-8H3/t19-,20+,21+,22-,23+,24-,25+,26-,27+,28-,29+,30-,33-,34+,35+,36-/m0/s1. The average Bonchev–Trinajstić information content (AvgIpc) is 3.54. The highest BCUT2D eigenvalue weighted by atomic mass is 16.7. The van der Waals surface area contributed by atoms with Gasteiger partial charge in [0.25, 0.3) is 0 Å². The van der Waals surface area contributed by atoms with Crippen LogP contribution < -0.4 is 0 Å². The van der Waals surface area contributed by atoms with Crippen LogP contribution in [0, 0.1) is 45.3 Å². The summed E-state index contributed by atoms with van der Waals surface area (Å²) in [6, 6.07) is 0. The van der Waals surface area contributed by atoms with Gasteiger partial charge in [-0.25, -0.2) is 0 Å². The van der Waals surface area contributed by atoms with E-state index >= 15 is 0 Å². The van der Waals surface area contributed by atoms with Gasteiger partial charge < -0.3 is 44.8 Å². The monoisotopic (exact) mass is 638 g/mol. The van der Waals surface area contributed by atoms with E-state index in [9.17, 15) is 30.6 Å². The van der Waals surface area contributed by atoms with E-state index in [1.165, 1.54) is 0 Å². The molecule has 0 amide bonds. The maximum absolute atomic E-state index is 12.2. The Morgan fingerprint density at radius 2 is 1.44 bits per heavy atom. The van der Waals surface area contributed by atoms with Crippen molar-refractivity contribution in [3.63, 3.8) is 0 Å². The molecule has 4 aliphatic carbocycles. The Kier molecular flexibility index (Phi) is 8.49. The molecule has 0 radical (unpaired) electrons. The number of hydrogen-bond donors (Lipinski definition) is 6. The van der Waals surface area contributed by atoms with Crippen LogP contribution in [-0.4, -0.2) is 97.5 Å². The van der Waals surface area contributed by atoms with Gasteiger partial charge in [0.2, 0.25) is 0 Å². The number of hydrogen-bond acceptors (Lipinski definition) is 9. The molecule has 2 aliphatic heterocycles. The van der Waals surface area contributed by atoms with Crippen LogP contribution in [-0.2, 0) is 14.2 Å². The Morgan fingerprint density at radius 1 is 0.778 bits per heavy atom. The summed E-state index contributed by atoms with van der Waals surface area (Å²) in [4.78, 5) is 0. The smallest absolute Gasteiger partial charge is 0.186 e. The minimum absolute atomic E-state index is 0.0153. The van der Waals surface area contributed by atoms with Gasteiger partial charge in [-0.2, -0.15) is 0 Å². The lowest BCUT2D eigenvalue weighted by atomic mass is 9.35. The predicted molar refractivity (Wildman–Crippen MR) is 168 cm³/mol. The van der Waals surface area contributed by atoms with Gasteiger partial charge in [0.15, 0.2) is 6.29 Å². The summed E-state index contributed by atoms with van der Waals surface area (Å²) in [5.41, 5.74) is -1.49. The van der Waals surface area contributed by atoms with Crippen LogP contribution in [0.3, 0.4) is 0 Å². The Bertz CT molecular complexity index is 1110. The largest absolute Gasteiger partial charge is 0.394 e. The molecule has 2 heterocycles. The summed E-state index contributed by atoms with van der Waals surface area (Å²) in [6.07, 6.45) is 1.20. The first kappa shape index (κ1) is 34.5. The van der Waals surface area contributed by atoms with E-state index in [-0.39, 0.29) is 51.3 Å². The van der Waals surface area contributed by atoms with Crippen molar-refractivity contribution in [1.29, 1.82) is 0 Å². The zero-order valence-corrected chi connectivity index (χ0v) is 28.9. The molecular formula is C36H62O9. The van der Waals surface area contributed by atoms with Crippen LogP contribution >= 0.6 is 0 Å². The fraction of sp³-hybridized carbons (Fsp3) is 1.00. The number of aliphatic hydroxyl groups is 6. The topological polar surface area (TPSA) is 149 Å². The van der Waals surface area contributed by atoms with Gasteiger partial charge in [-0.05, 0) is 124 Å². The van der Waals surface area contributed by atoms with Crippen molar-refractivity contribution in [2.24, 2.45) is 45.3 Å². The fourth-order valence-corrected chi connectivity index (χ4v) is 12.6. The van der Waals surface area contributed by atoms with Crippen LogP contribution in [0.15, 0.2) is 0 Å². The van der Waals surface area contributed by atoms with Crippen molar-refractivity contribution in [1.82, 2.24) is 0 Å². The maximum Gasteiger partial charge on any atom is 0.186 e. The summed E-state index contributed by atoms with van der Waals surface area (Å²) in [5.74, 6) is 1.07. The number of rotatable bonds is 5. The molecule has 6 N–H and O–H groups in total. The fourth-order valence-electron chi connectivity index (χ4n) is 12.6. The number of aliphatic hydroxyl groups excluding tert-OH is 5. The molecule has 9 nitrogen and oxygen atoms in total. The Balaban J connectivity index is 1.23. The summed E-state index contributed by atoms with van der Waals surface area (Å²) in [5, 5.41) is 63.9. The molecule has 16 atom stereocenters. The first-order valence-corrected chi connectivity index (χ1v) is 17.8. The molecule has 4 saturated carbocycles. The highest BCUT2D eigenvalue weighted by molar-refractivity contribution is 5.20. The predicted octanol–water partition coefficient (Wildman–Crippen LogP) is 3.54. The summed E-state index contributed by atoms with van der Waals surface area (Å²) < 4.78 is 18.9. The van der Waals surface area contributed by atoms with Gasteiger partial charge in [0.1, 0.15) is 24.4 Å². The third-order valence-corrected chi connectivity index (χ3v) is 15.4. The zero-order chi connectivity index (χ0) is 33.1. The van der Waals surface area contributed by atoms with Crippen molar-refractivity contribution in [2.45, 2.75) is 173 Å². The normalized spacial score (nSPS) is 56.4. The number of fused-ring (bicyclic) bond motifs is 5. The molecule has 6 rings (SSSR count). The molecule has 0 unspecified atom stereocenters. The lowest BCUT2D eigenvalue weighted by Crippen LogP contribution is -2.67. The SMILES string of the molecule is CC(C)(O)[C@H]1CC[C@@](C)([C@H]2CC[C@]3(C)[C@@H]2[C@H](O)C[C@@H]2[C@@]4(C)CC[C@H](O[C@@H]5O[C@H](CO)[C@@H](O)[C@H](O)[C@H]5O)C(C)(C)[C@@H]4CC[C@]23C)O1. The lowest BCUT2D eigenvalue weighted by molar-refractivity contribution is -0.332. The highest BCUT2D eigenvalue weighted by Crippen LogP contribution is 2.76. The molecule has 6 aliphatic rings.